The van der Waals surface area contributed by atoms with E-state index in [-0.39, 0.29) is 6.03 Å². The van der Waals surface area contributed by atoms with E-state index in [2.05, 4.69) is 34.0 Å². The highest BCUT2D eigenvalue weighted by Crippen LogP contribution is 2.23. The second kappa shape index (κ2) is 9.39. The van der Waals surface area contributed by atoms with E-state index in [9.17, 15) is 4.79 Å². The molecule has 1 aromatic carbocycles. The highest BCUT2D eigenvalue weighted by Gasteiger charge is 2.22. The van der Waals surface area contributed by atoms with Crippen LogP contribution in [0.2, 0.25) is 0 Å². The number of hydrogen-bond donors (Lipinski definition) is 1. The lowest BCUT2D eigenvalue weighted by Crippen LogP contribution is -2.52. The second-order valence-electron chi connectivity index (χ2n) is 7.38. The molecule has 0 radical (unpaired) electrons. The van der Waals surface area contributed by atoms with Gasteiger partial charge in [0.25, 0.3) is 0 Å². The van der Waals surface area contributed by atoms with E-state index < -0.39 is 0 Å². The number of carbonyl (C=O) groups excluding carboxylic acids is 1. The highest BCUT2D eigenvalue weighted by molar-refractivity contribution is 5.74. The standard InChI is InChI=1S/C21H29N5O2/c1-16(2)8-9-22-21(27)26-12-10-25(11-13-26)20-14-19(23-15-24-20)17-4-6-18(28-3)7-5-17/h4-7,14-16H,8-13H2,1-3H3,(H,22,27). The number of carbonyl (C=O) groups is 1. The normalized spacial score (nSPS) is 14.3. The zero-order valence-electron chi connectivity index (χ0n) is 16.9. The first-order chi connectivity index (χ1) is 13.6. The summed E-state index contributed by atoms with van der Waals surface area (Å²) < 4.78 is 5.21. The van der Waals surface area contributed by atoms with Crippen molar-refractivity contribution >= 4 is 11.8 Å². The maximum Gasteiger partial charge on any atom is 0.317 e. The minimum absolute atomic E-state index is 0.0295. The molecule has 0 unspecified atom stereocenters. The maximum atomic E-state index is 12.3. The van der Waals surface area contributed by atoms with Gasteiger partial charge in [0.1, 0.15) is 17.9 Å². The van der Waals surface area contributed by atoms with Crippen molar-refractivity contribution in [3.63, 3.8) is 0 Å². The summed E-state index contributed by atoms with van der Waals surface area (Å²) in [4.78, 5) is 25.2. The molecule has 150 valence electrons. The van der Waals surface area contributed by atoms with Crippen LogP contribution in [0.5, 0.6) is 5.75 Å². The van der Waals surface area contributed by atoms with Crippen LogP contribution < -0.4 is 15.0 Å². The number of nitrogens with one attached hydrogen (secondary N) is 1. The number of ether oxygens (including phenoxy) is 1. The van der Waals surface area contributed by atoms with E-state index >= 15 is 0 Å². The first kappa shape index (κ1) is 19.9. The number of nitrogens with zero attached hydrogens (tertiary/aromatic N) is 4. The van der Waals surface area contributed by atoms with Gasteiger partial charge in [-0.3, -0.25) is 0 Å². The van der Waals surface area contributed by atoms with Gasteiger partial charge in [0.2, 0.25) is 0 Å². The molecule has 1 aliphatic rings. The molecule has 1 aromatic heterocycles. The Morgan fingerprint density at radius 1 is 1.14 bits per heavy atom. The number of anilines is 1. The summed E-state index contributed by atoms with van der Waals surface area (Å²) in [6, 6.07) is 9.86. The summed E-state index contributed by atoms with van der Waals surface area (Å²) in [5.41, 5.74) is 1.90. The van der Waals surface area contributed by atoms with Crippen molar-refractivity contribution in [2.75, 3.05) is 44.7 Å². The average Bonchev–Trinajstić information content (AvgIpc) is 2.73. The van der Waals surface area contributed by atoms with Gasteiger partial charge in [0, 0.05) is 44.4 Å². The van der Waals surface area contributed by atoms with E-state index in [1.165, 1.54) is 0 Å². The van der Waals surface area contributed by atoms with Crippen LogP contribution in [0.1, 0.15) is 20.3 Å². The van der Waals surface area contributed by atoms with Gasteiger partial charge in [-0.1, -0.05) is 13.8 Å². The summed E-state index contributed by atoms with van der Waals surface area (Å²) in [7, 11) is 1.65. The Balaban J connectivity index is 1.57. The third kappa shape index (κ3) is 5.12. The molecule has 2 amide bonds. The Kier molecular flexibility index (Phi) is 6.68. The van der Waals surface area contributed by atoms with Gasteiger partial charge in [-0.25, -0.2) is 14.8 Å². The lowest BCUT2D eigenvalue weighted by Gasteiger charge is -2.35. The average molecular weight is 383 g/mol. The molecule has 7 nitrogen and oxygen atoms in total. The van der Waals surface area contributed by atoms with Crippen molar-refractivity contribution in [2.24, 2.45) is 5.92 Å². The second-order valence-corrected chi connectivity index (χ2v) is 7.38. The van der Waals surface area contributed by atoms with Crippen LogP contribution in [-0.4, -0.2) is 60.7 Å². The highest BCUT2D eigenvalue weighted by atomic mass is 16.5. The Morgan fingerprint density at radius 3 is 2.50 bits per heavy atom. The molecule has 7 heteroatoms. The van der Waals surface area contributed by atoms with E-state index in [1.54, 1.807) is 13.4 Å². The van der Waals surface area contributed by atoms with Crippen LogP contribution in [0, 0.1) is 5.92 Å². The van der Waals surface area contributed by atoms with Gasteiger partial charge < -0.3 is 19.9 Å². The molecule has 0 bridgehead atoms. The zero-order chi connectivity index (χ0) is 19.9. The summed E-state index contributed by atoms with van der Waals surface area (Å²) >= 11 is 0. The molecule has 0 spiro atoms. The Labute approximate surface area is 166 Å². The number of aromatic nitrogens is 2. The van der Waals surface area contributed by atoms with Gasteiger partial charge >= 0.3 is 6.03 Å². The van der Waals surface area contributed by atoms with Crippen molar-refractivity contribution in [1.29, 1.82) is 0 Å². The number of urea groups is 1. The van der Waals surface area contributed by atoms with Crippen LogP contribution >= 0.6 is 0 Å². The lowest BCUT2D eigenvalue weighted by molar-refractivity contribution is 0.193. The molecule has 1 fully saturated rings. The Hall–Kier alpha value is -2.83. The van der Waals surface area contributed by atoms with Crippen LogP contribution in [-0.2, 0) is 0 Å². The fraction of sp³-hybridized carbons (Fsp3) is 0.476. The predicted molar refractivity (Wildman–Crippen MR) is 111 cm³/mol. The quantitative estimate of drug-likeness (QED) is 0.830. The molecule has 1 saturated heterocycles. The van der Waals surface area contributed by atoms with Crippen molar-refractivity contribution in [2.45, 2.75) is 20.3 Å². The van der Waals surface area contributed by atoms with E-state index in [0.29, 0.717) is 19.0 Å². The number of piperazine rings is 1. The Morgan fingerprint density at radius 2 is 1.86 bits per heavy atom. The molecule has 1 N–H and O–H groups in total. The molecule has 0 aliphatic carbocycles. The van der Waals surface area contributed by atoms with Crippen LogP contribution in [0.4, 0.5) is 10.6 Å². The number of rotatable bonds is 6. The first-order valence-electron chi connectivity index (χ1n) is 9.81. The molecule has 2 heterocycles. The van der Waals surface area contributed by atoms with Crippen molar-refractivity contribution < 1.29 is 9.53 Å². The van der Waals surface area contributed by atoms with Crippen molar-refractivity contribution in [3.8, 4) is 17.0 Å². The number of hydrogen-bond acceptors (Lipinski definition) is 5. The number of benzene rings is 1. The molecular weight excluding hydrogens is 354 g/mol. The van der Waals surface area contributed by atoms with Crippen molar-refractivity contribution in [1.82, 2.24) is 20.2 Å². The minimum atomic E-state index is 0.0295. The van der Waals surface area contributed by atoms with E-state index in [0.717, 1.165) is 48.9 Å². The maximum absolute atomic E-state index is 12.3. The largest absolute Gasteiger partial charge is 0.497 e. The molecule has 0 saturated carbocycles. The third-order valence-electron chi connectivity index (χ3n) is 4.93. The monoisotopic (exact) mass is 383 g/mol. The van der Waals surface area contributed by atoms with Gasteiger partial charge in [-0.2, -0.15) is 0 Å². The Bertz CT molecular complexity index is 771. The lowest BCUT2D eigenvalue weighted by atomic mass is 10.1. The number of amides is 2. The molecule has 3 rings (SSSR count). The third-order valence-corrected chi connectivity index (χ3v) is 4.93. The molecule has 28 heavy (non-hydrogen) atoms. The summed E-state index contributed by atoms with van der Waals surface area (Å²) in [6.45, 7) is 7.95. The van der Waals surface area contributed by atoms with Gasteiger partial charge in [-0.15, -0.1) is 0 Å². The summed E-state index contributed by atoms with van der Waals surface area (Å²) in [5, 5.41) is 3.01. The predicted octanol–water partition coefficient (Wildman–Crippen LogP) is 3.03. The fourth-order valence-electron chi connectivity index (χ4n) is 3.16. The zero-order valence-corrected chi connectivity index (χ0v) is 16.9. The van der Waals surface area contributed by atoms with Gasteiger partial charge in [0.05, 0.1) is 12.8 Å². The molecule has 2 aromatic rings. The van der Waals surface area contributed by atoms with Gasteiger partial charge in [-0.05, 0) is 36.6 Å². The summed E-state index contributed by atoms with van der Waals surface area (Å²) in [6.07, 6.45) is 2.60. The van der Waals surface area contributed by atoms with Crippen LogP contribution in [0.3, 0.4) is 0 Å². The summed E-state index contributed by atoms with van der Waals surface area (Å²) in [5.74, 6) is 2.30. The SMILES string of the molecule is COc1ccc(-c2cc(N3CCN(C(=O)NCCC(C)C)CC3)ncn2)cc1. The van der Waals surface area contributed by atoms with Gasteiger partial charge in [0.15, 0.2) is 0 Å². The fourth-order valence-corrected chi connectivity index (χ4v) is 3.16. The van der Waals surface area contributed by atoms with E-state index in [1.807, 2.05) is 35.2 Å². The minimum Gasteiger partial charge on any atom is -0.497 e. The molecule has 0 atom stereocenters. The number of methoxy groups -OCH3 is 1. The topological polar surface area (TPSA) is 70.6 Å². The van der Waals surface area contributed by atoms with Crippen LogP contribution in [0.25, 0.3) is 11.3 Å². The smallest absolute Gasteiger partial charge is 0.317 e. The molecular formula is C21H29N5O2. The van der Waals surface area contributed by atoms with E-state index in [4.69, 9.17) is 4.74 Å². The van der Waals surface area contributed by atoms with Crippen LogP contribution in [0.15, 0.2) is 36.7 Å². The van der Waals surface area contributed by atoms with Crippen molar-refractivity contribution in [3.05, 3.63) is 36.7 Å². The first-order valence-corrected chi connectivity index (χ1v) is 9.81. The molecule has 1 aliphatic heterocycles.